The van der Waals surface area contributed by atoms with Crippen molar-refractivity contribution in [3.05, 3.63) is 33.3 Å². The van der Waals surface area contributed by atoms with E-state index in [1.54, 1.807) is 12.1 Å². The summed E-state index contributed by atoms with van der Waals surface area (Å²) in [5.74, 6) is -0.612. The van der Waals surface area contributed by atoms with Crippen LogP contribution in [0.2, 0.25) is 0 Å². The number of hydrogen-bond acceptors (Lipinski definition) is 5. The van der Waals surface area contributed by atoms with Crippen LogP contribution in [0.5, 0.6) is 0 Å². The van der Waals surface area contributed by atoms with Gasteiger partial charge in [-0.1, -0.05) is 5.11 Å². The van der Waals surface area contributed by atoms with Gasteiger partial charge in [-0.15, -0.1) is 21.5 Å². The van der Waals surface area contributed by atoms with Gasteiger partial charge in [-0.2, -0.15) is 8.78 Å². The van der Waals surface area contributed by atoms with Crippen molar-refractivity contribution >= 4 is 11.3 Å². The highest BCUT2D eigenvalue weighted by Gasteiger charge is 2.17. The normalized spacial score (nSPS) is 10.6. The smallest absolute Gasteiger partial charge is 0.314 e. The van der Waals surface area contributed by atoms with Gasteiger partial charge in [-0.25, -0.2) is 0 Å². The Labute approximate surface area is 104 Å². The maximum absolute atomic E-state index is 12.3. The molecule has 0 spiro atoms. The first-order valence-corrected chi connectivity index (χ1v) is 5.74. The molecule has 0 fully saturated rings. The van der Waals surface area contributed by atoms with E-state index in [1.807, 2.05) is 0 Å². The Morgan fingerprint density at radius 2 is 2.28 bits per heavy atom. The zero-order chi connectivity index (χ0) is 13.0. The summed E-state index contributed by atoms with van der Waals surface area (Å²) in [6, 6.07) is 3.51. The third-order valence-corrected chi connectivity index (χ3v) is 3.15. The Morgan fingerprint density at radius 1 is 1.44 bits per heavy atom. The van der Waals surface area contributed by atoms with Crippen LogP contribution in [0.4, 0.5) is 8.78 Å². The molecule has 0 bridgehead atoms. The number of azide groups is 1. The van der Waals surface area contributed by atoms with Gasteiger partial charge in [0, 0.05) is 16.3 Å². The molecular formula is C9H7F2N5OS. The molecule has 0 radical (unpaired) electrons. The maximum atomic E-state index is 12.3. The summed E-state index contributed by atoms with van der Waals surface area (Å²) in [6.07, 6.45) is -2.18. The first kappa shape index (κ1) is 12.5. The predicted molar refractivity (Wildman–Crippen MR) is 60.3 cm³/mol. The highest BCUT2D eigenvalue weighted by Crippen LogP contribution is 2.29. The van der Waals surface area contributed by atoms with Crippen molar-refractivity contribution in [2.45, 2.75) is 12.8 Å². The molecule has 0 aliphatic heterocycles. The summed E-state index contributed by atoms with van der Waals surface area (Å²) in [5.41, 5.74) is 8.14. The molecule has 0 amide bonds. The molecule has 2 heterocycles. The molecule has 0 aliphatic carbocycles. The standard InChI is InChI=1S/C9H7F2N5OS/c10-7(11)9-15-14-8(17-9)6-2-1-5(18-6)3-4-13-16-12/h1-2,7H,3-4H2. The fourth-order valence-corrected chi connectivity index (χ4v) is 2.17. The van der Waals surface area contributed by atoms with Gasteiger partial charge < -0.3 is 4.42 Å². The second-order valence-electron chi connectivity index (χ2n) is 3.22. The molecule has 6 nitrogen and oxygen atoms in total. The number of hydrogen-bond donors (Lipinski definition) is 0. The predicted octanol–water partition coefficient (Wildman–Crippen LogP) is 3.59. The lowest BCUT2D eigenvalue weighted by Gasteiger charge is -1.90. The highest BCUT2D eigenvalue weighted by molar-refractivity contribution is 7.15. The average Bonchev–Trinajstić information content (AvgIpc) is 2.97. The van der Waals surface area contributed by atoms with Gasteiger partial charge in [0.2, 0.25) is 0 Å². The molecule has 18 heavy (non-hydrogen) atoms. The number of aromatic nitrogens is 2. The molecule has 9 heteroatoms. The minimum Gasteiger partial charge on any atom is -0.414 e. The lowest BCUT2D eigenvalue weighted by atomic mass is 10.3. The van der Waals surface area contributed by atoms with E-state index in [2.05, 4.69) is 20.2 Å². The van der Waals surface area contributed by atoms with Crippen molar-refractivity contribution in [3.8, 4) is 10.8 Å². The van der Waals surface area contributed by atoms with Crippen LogP contribution in [0.25, 0.3) is 21.2 Å². The first-order chi connectivity index (χ1) is 8.70. The van der Waals surface area contributed by atoms with E-state index < -0.39 is 12.3 Å². The van der Waals surface area contributed by atoms with Gasteiger partial charge in [0.25, 0.3) is 11.8 Å². The quantitative estimate of drug-likeness (QED) is 0.473. The summed E-state index contributed by atoms with van der Waals surface area (Å²) in [4.78, 5) is 4.21. The van der Waals surface area contributed by atoms with Crippen LogP contribution in [-0.4, -0.2) is 16.7 Å². The molecule has 0 atom stereocenters. The summed E-state index contributed by atoms with van der Waals surface area (Å²) in [5, 5.41) is 10.2. The fraction of sp³-hybridized carbons (Fsp3) is 0.333. The molecule has 2 rings (SSSR count). The van der Waals surface area contributed by atoms with E-state index in [1.165, 1.54) is 11.3 Å². The van der Waals surface area contributed by atoms with Gasteiger partial charge in [-0.3, -0.25) is 0 Å². The summed E-state index contributed by atoms with van der Waals surface area (Å²) >= 11 is 1.34. The van der Waals surface area contributed by atoms with Gasteiger partial charge >= 0.3 is 6.43 Å². The zero-order valence-electron chi connectivity index (χ0n) is 8.95. The minimum absolute atomic E-state index is 0.0744. The van der Waals surface area contributed by atoms with Gasteiger partial charge in [0.15, 0.2) is 0 Å². The number of rotatable bonds is 5. The number of halogens is 2. The summed E-state index contributed by atoms with van der Waals surface area (Å²) in [6.45, 7) is 0.350. The van der Waals surface area contributed by atoms with Crippen LogP contribution in [-0.2, 0) is 6.42 Å². The number of alkyl halides is 2. The fourth-order valence-electron chi connectivity index (χ4n) is 1.25. The Morgan fingerprint density at radius 3 is 2.94 bits per heavy atom. The molecule has 0 saturated heterocycles. The number of thiophene rings is 1. The van der Waals surface area contributed by atoms with Gasteiger partial charge in [-0.05, 0) is 24.1 Å². The molecule has 2 aromatic heterocycles. The second-order valence-corrected chi connectivity index (χ2v) is 4.38. The van der Waals surface area contributed by atoms with Gasteiger partial charge in [0.05, 0.1) is 4.88 Å². The van der Waals surface area contributed by atoms with Crippen molar-refractivity contribution in [2.24, 2.45) is 5.11 Å². The van der Waals surface area contributed by atoms with E-state index in [0.717, 1.165) is 4.88 Å². The number of nitrogens with zero attached hydrogens (tertiary/aromatic N) is 5. The Bertz CT molecular complexity index is 575. The molecule has 2 aromatic rings. The van der Waals surface area contributed by atoms with Crippen LogP contribution in [0, 0.1) is 0 Å². The van der Waals surface area contributed by atoms with E-state index in [-0.39, 0.29) is 5.89 Å². The molecule has 0 unspecified atom stereocenters. The largest absolute Gasteiger partial charge is 0.414 e. The SMILES string of the molecule is [N-]=[N+]=NCCc1ccc(-c2nnc(C(F)F)o2)s1. The van der Waals surface area contributed by atoms with Crippen molar-refractivity contribution in [1.29, 1.82) is 0 Å². The highest BCUT2D eigenvalue weighted by atomic mass is 32.1. The second kappa shape index (κ2) is 5.56. The Hall–Kier alpha value is -1.99. The third-order valence-electron chi connectivity index (χ3n) is 2.02. The van der Waals surface area contributed by atoms with Crippen molar-refractivity contribution in [3.63, 3.8) is 0 Å². The molecule has 0 saturated carbocycles. The summed E-state index contributed by atoms with van der Waals surface area (Å²) in [7, 11) is 0. The van der Waals surface area contributed by atoms with E-state index in [9.17, 15) is 8.78 Å². The Balaban J connectivity index is 2.10. The van der Waals surface area contributed by atoms with E-state index in [4.69, 9.17) is 9.95 Å². The zero-order valence-corrected chi connectivity index (χ0v) is 9.77. The first-order valence-electron chi connectivity index (χ1n) is 4.92. The lowest BCUT2D eigenvalue weighted by Crippen LogP contribution is -1.82. The molecular weight excluding hydrogens is 264 g/mol. The van der Waals surface area contributed by atoms with Crippen molar-refractivity contribution in [1.82, 2.24) is 10.2 Å². The van der Waals surface area contributed by atoms with Crippen LogP contribution in [0.15, 0.2) is 21.7 Å². The van der Waals surface area contributed by atoms with Crippen LogP contribution < -0.4 is 0 Å². The third kappa shape index (κ3) is 2.82. The van der Waals surface area contributed by atoms with Crippen LogP contribution in [0.1, 0.15) is 17.2 Å². The van der Waals surface area contributed by atoms with Crippen LogP contribution >= 0.6 is 11.3 Å². The average molecular weight is 271 g/mol. The molecule has 94 valence electrons. The minimum atomic E-state index is -2.77. The summed E-state index contributed by atoms with van der Waals surface area (Å²) < 4.78 is 29.4. The maximum Gasteiger partial charge on any atom is 0.314 e. The monoisotopic (exact) mass is 271 g/mol. The van der Waals surface area contributed by atoms with Crippen LogP contribution in [0.3, 0.4) is 0 Å². The lowest BCUT2D eigenvalue weighted by molar-refractivity contribution is 0.116. The topological polar surface area (TPSA) is 87.7 Å². The van der Waals surface area contributed by atoms with E-state index in [0.29, 0.717) is 17.8 Å². The molecule has 0 N–H and O–H groups in total. The van der Waals surface area contributed by atoms with Crippen molar-refractivity contribution < 1.29 is 13.2 Å². The van der Waals surface area contributed by atoms with Crippen molar-refractivity contribution in [2.75, 3.05) is 6.54 Å². The molecule has 0 aromatic carbocycles. The van der Waals surface area contributed by atoms with Gasteiger partial charge in [0.1, 0.15) is 0 Å². The molecule has 0 aliphatic rings. The van der Waals surface area contributed by atoms with E-state index >= 15 is 0 Å². The Kier molecular flexibility index (Phi) is 3.85.